The van der Waals surface area contributed by atoms with E-state index in [1.54, 1.807) is 13.3 Å². The number of aromatic nitrogens is 4. The first-order valence-electron chi connectivity index (χ1n) is 5.42. The third-order valence-electron chi connectivity index (χ3n) is 2.08. The molecule has 0 bridgehead atoms. The van der Waals surface area contributed by atoms with E-state index < -0.39 is 0 Å². The summed E-state index contributed by atoms with van der Waals surface area (Å²) in [6.45, 7) is 2.77. The van der Waals surface area contributed by atoms with Crippen LogP contribution in [-0.4, -0.2) is 33.6 Å². The lowest BCUT2D eigenvalue weighted by Gasteiger charge is -2.11. The standard InChI is InChI=1S/C11H13N5OS/c1-3-13-10-9(17-2)11(16-7-15-10)18-8-4-5-12-6-14-8/h4-7H,3H2,1-2H3,(H,13,15,16). The second kappa shape index (κ2) is 6.15. The summed E-state index contributed by atoms with van der Waals surface area (Å²) >= 11 is 1.41. The van der Waals surface area contributed by atoms with Crippen LogP contribution in [0.4, 0.5) is 5.82 Å². The Balaban J connectivity index is 2.30. The van der Waals surface area contributed by atoms with Crippen molar-refractivity contribution in [3.63, 3.8) is 0 Å². The van der Waals surface area contributed by atoms with E-state index >= 15 is 0 Å². The van der Waals surface area contributed by atoms with Gasteiger partial charge in [0.2, 0.25) is 0 Å². The number of nitrogens with one attached hydrogen (secondary N) is 1. The highest BCUT2D eigenvalue weighted by Crippen LogP contribution is 2.35. The molecular formula is C11H13N5OS. The molecule has 2 heterocycles. The SMILES string of the molecule is CCNc1ncnc(Sc2ccncn2)c1OC. The Labute approximate surface area is 109 Å². The summed E-state index contributed by atoms with van der Waals surface area (Å²) in [7, 11) is 1.60. The lowest BCUT2D eigenvalue weighted by atomic mass is 10.5. The van der Waals surface area contributed by atoms with Crippen molar-refractivity contribution in [2.75, 3.05) is 19.0 Å². The number of methoxy groups -OCH3 is 1. The highest BCUT2D eigenvalue weighted by atomic mass is 32.2. The third kappa shape index (κ3) is 2.86. The van der Waals surface area contributed by atoms with Crippen LogP contribution >= 0.6 is 11.8 Å². The normalized spacial score (nSPS) is 10.1. The number of rotatable bonds is 5. The maximum atomic E-state index is 5.35. The number of nitrogens with zero attached hydrogens (tertiary/aromatic N) is 4. The lowest BCUT2D eigenvalue weighted by Crippen LogP contribution is -2.03. The Morgan fingerprint density at radius 2 is 2.17 bits per heavy atom. The van der Waals surface area contributed by atoms with E-state index in [1.165, 1.54) is 24.4 Å². The molecule has 6 nitrogen and oxygen atoms in total. The summed E-state index contributed by atoms with van der Waals surface area (Å²) < 4.78 is 5.35. The summed E-state index contributed by atoms with van der Waals surface area (Å²) in [6.07, 6.45) is 4.69. The third-order valence-corrected chi connectivity index (χ3v) is 3.01. The minimum atomic E-state index is 0.628. The van der Waals surface area contributed by atoms with E-state index in [0.29, 0.717) is 11.6 Å². The molecule has 0 saturated heterocycles. The van der Waals surface area contributed by atoms with Gasteiger partial charge in [0, 0.05) is 12.7 Å². The molecule has 0 fully saturated rings. The molecule has 0 atom stereocenters. The van der Waals surface area contributed by atoms with Gasteiger partial charge in [-0.15, -0.1) is 0 Å². The van der Waals surface area contributed by atoms with E-state index in [4.69, 9.17) is 4.74 Å². The van der Waals surface area contributed by atoms with Crippen LogP contribution in [0.5, 0.6) is 5.75 Å². The Morgan fingerprint density at radius 1 is 1.28 bits per heavy atom. The molecule has 0 aliphatic rings. The number of hydrogen-bond donors (Lipinski definition) is 1. The second-order valence-corrected chi connectivity index (χ2v) is 4.25. The maximum Gasteiger partial charge on any atom is 0.194 e. The average Bonchev–Trinajstić information content (AvgIpc) is 2.41. The van der Waals surface area contributed by atoms with Crippen molar-refractivity contribution >= 4 is 17.6 Å². The van der Waals surface area contributed by atoms with Crippen LogP contribution in [0, 0.1) is 0 Å². The zero-order valence-corrected chi connectivity index (χ0v) is 10.9. The van der Waals surface area contributed by atoms with E-state index in [-0.39, 0.29) is 0 Å². The van der Waals surface area contributed by atoms with E-state index in [0.717, 1.165) is 16.6 Å². The van der Waals surface area contributed by atoms with Gasteiger partial charge in [0.05, 0.1) is 7.11 Å². The monoisotopic (exact) mass is 263 g/mol. The highest BCUT2D eigenvalue weighted by molar-refractivity contribution is 7.99. The zero-order chi connectivity index (χ0) is 12.8. The van der Waals surface area contributed by atoms with Gasteiger partial charge in [0.15, 0.2) is 11.6 Å². The summed E-state index contributed by atoms with van der Waals surface area (Å²) in [5, 5.41) is 4.66. The van der Waals surface area contributed by atoms with Crippen molar-refractivity contribution in [1.82, 2.24) is 19.9 Å². The van der Waals surface area contributed by atoms with Crippen LogP contribution in [0.25, 0.3) is 0 Å². The van der Waals surface area contributed by atoms with Gasteiger partial charge in [0.1, 0.15) is 22.7 Å². The highest BCUT2D eigenvalue weighted by Gasteiger charge is 2.13. The molecular weight excluding hydrogens is 250 g/mol. The predicted molar refractivity (Wildman–Crippen MR) is 68.9 cm³/mol. The number of anilines is 1. The molecule has 0 spiro atoms. The quantitative estimate of drug-likeness (QED) is 0.825. The number of ether oxygens (including phenoxy) is 1. The second-order valence-electron chi connectivity index (χ2n) is 3.24. The Kier molecular flexibility index (Phi) is 4.30. The molecule has 18 heavy (non-hydrogen) atoms. The molecule has 1 N–H and O–H groups in total. The van der Waals surface area contributed by atoms with Crippen LogP contribution in [0.1, 0.15) is 6.92 Å². The van der Waals surface area contributed by atoms with Gasteiger partial charge in [-0.25, -0.2) is 19.9 Å². The van der Waals surface area contributed by atoms with Crippen molar-refractivity contribution < 1.29 is 4.74 Å². The smallest absolute Gasteiger partial charge is 0.194 e. The predicted octanol–water partition coefficient (Wildman–Crippen LogP) is 1.86. The van der Waals surface area contributed by atoms with Crippen LogP contribution in [0.15, 0.2) is 35.0 Å². The molecule has 0 aliphatic carbocycles. The van der Waals surface area contributed by atoms with E-state index in [2.05, 4.69) is 25.3 Å². The average molecular weight is 263 g/mol. The first-order valence-corrected chi connectivity index (χ1v) is 6.23. The Bertz CT molecular complexity index is 508. The molecule has 0 saturated carbocycles. The van der Waals surface area contributed by atoms with E-state index in [9.17, 15) is 0 Å². The van der Waals surface area contributed by atoms with Crippen LogP contribution in [0.2, 0.25) is 0 Å². The fourth-order valence-corrected chi connectivity index (χ4v) is 2.15. The number of hydrogen-bond acceptors (Lipinski definition) is 7. The van der Waals surface area contributed by atoms with Gasteiger partial charge >= 0.3 is 0 Å². The largest absolute Gasteiger partial charge is 0.490 e. The van der Waals surface area contributed by atoms with Gasteiger partial charge in [-0.05, 0) is 24.8 Å². The van der Waals surface area contributed by atoms with Crippen LogP contribution in [-0.2, 0) is 0 Å². The van der Waals surface area contributed by atoms with Crippen molar-refractivity contribution in [3.8, 4) is 5.75 Å². The molecule has 0 aromatic carbocycles. The molecule has 94 valence electrons. The van der Waals surface area contributed by atoms with Gasteiger partial charge in [-0.1, -0.05) is 0 Å². The van der Waals surface area contributed by atoms with Crippen molar-refractivity contribution in [1.29, 1.82) is 0 Å². The molecule has 0 radical (unpaired) electrons. The molecule has 7 heteroatoms. The molecule has 0 aliphatic heterocycles. The van der Waals surface area contributed by atoms with Gasteiger partial charge in [-0.2, -0.15) is 0 Å². The van der Waals surface area contributed by atoms with Gasteiger partial charge < -0.3 is 10.1 Å². The first-order chi connectivity index (χ1) is 8.85. The minimum Gasteiger partial charge on any atom is -0.490 e. The molecule has 2 aromatic heterocycles. The zero-order valence-electron chi connectivity index (χ0n) is 10.1. The topological polar surface area (TPSA) is 72.8 Å². The fraction of sp³-hybridized carbons (Fsp3) is 0.273. The fourth-order valence-electron chi connectivity index (χ4n) is 1.35. The molecule has 0 amide bonds. The Hall–Kier alpha value is -1.89. The summed E-state index contributed by atoms with van der Waals surface area (Å²) in [5.74, 6) is 1.31. The van der Waals surface area contributed by atoms with Gasteiger partial charge in [0.25, 0.3) is 0 Å². The Morgan fingerprint density at radius 3 is 2.83 bits per heavy atom. The van der Waals surface area contributed by atoms with Crippen molar-refractivity contribution in [3.05, 3.63) is 24.9 Å². The summed E-state index contributed by atoms with van der Waals surface area (Å²) in [6, 6.07) is 1.82. The first kappa shape index (κ1) is 12.6. The lowest BCUT2D eigenvalue weighted by molar-refractivity contribution is 0.400. The summed E-state index contributed by atoms with van der Waals surface area (Å²) in [4.78, 5) is 16.4. The van der Waals surface area contributed by atoms with Crippen LogP contribution in [0.3, 0.4) is 0 Å². The molecule has 0 unspecified atom stereocenters. The minimum absolute atomic E-state index is 0.628. The molecule has 2 rings (SSSR count). The van der Waals surface area contributed by atoms with Crippen LogP contribution < -0.4 is 10.1 Å². The molecule has 2 aromatic rings. The van der Waals surface area contributed by atoms with E-state index in [1.807, 2.05) is 13.0 Å². The van der Waals surface area contributed by atoms with Gasteiger partial charge in [-0.3, -0.25) is 0 Å². The van der Waals surface area contributed by atoms with Crippen molar-refractivity contribution in [2.45, 2.75) is 17.0 Å². The maximum absolute atomic E-state index is 5.35. The summed E-state index contributed by atoms with van der Waals surface area (Å²) in [5.41, 5.74) is 0. The van der Waals surface area contributed by atoms with Crippen molar-refractivity contribution in [2.24, 2.45) is 0 Å².